The van der Waals surface area contributed by atoms with Gasteiger partial charge in [-0.25, -0.2) is 0 Å². The van der Waals surface area contributed by atoms with Crippen LogP contribution in [-0.4, -0.2) is 11.9 Å². The number of nitrogens with two attached hydrogens (primary N) is 1. The van der Waals surface area contributed by atoms with Gasteiger partial charge in [0.1, 0.15) is 4.88 Å². The second kappa shape index (κ2) is 4.55. The van der Waals surface area contributed by atoms with Gasteiger partial charge in [0.05, 0.1) is 10.7 Å². The van der Waals surface area contributed by atoms with Crippen LogP contribution >= 0.6 is 22.9 Å². The van der Waals surface area contributed by atoms with Crippen molar-refractivity contribution in [3.05, 3.63) is 28.1 Å². The summed E-state index contributed by atoms with van der Waals surface area (Å²) in [6, 6.07) is 5.62. The van der Waals surface area contributed by atoms with Crippen molar-refractivity contribution >= 4 is 44.6 Å². The van der Waals surface area contributed by atoms with Crippen LogP contribution in [0, 0.1) is 0 Å². The summed E-state index contributed by atoms with van der Waals surface area (Å²) in [6.45, 7) is 3.82. The molecule has 0 saturated heterocycles. The number of benzene rings is 1. The molecule has 90 valence electrons. The Kier molecular flexibility index (Phi) is 3.26. The maximum Gasteiger partial charge on any atom is 0.263 e. The Hall–Kier alpha value is -1.26. The highest BCUT2D eigenvalue weighted by atomic mass is 35.5. The standard InChI is InChI=1S/C12H13ClN2OS/c1-6(2)15-12(16)11-10(14)9-7(13)4-3-5-8(9)17-11/h3-6H,14H2,1-2H3,(H,15,16). The highest BCUT2D eigenvalue weighted by Crippen LogP contribution is 2.37. The summed E-state index contributed by atoms with van der Waals surface area (Å²) in [5, 5.41) is 4.18. The van der Waals surface area contributed by atoms with E-state index in [4.69, 9.17) is 17.3 Å². The summed E-state index contributed by atoms with van der Waals surface area (Å²) in [4.78, 5) is 12.5. The van der Waals surface area contributed by atoms with E-state index in [1.807, 2.05) is 26.0 Å². The first-order chi connectivity index (χ1) is 8.00. The molecule has 0 spiro atoms. The van der Waals surface area contributed by atoms with Gasteiger partial charge in [-0.05, 0) is 26.0 Å². The van der Waals surface area contributed by atoms with Crippen molar-refractivity contribution in [3.8, 4) is 0 Å². The van der Waals surface area contributed by atoms with Crippen molar-refractivity contribution < 1.29 is 4.79 Å². The third-order valence-electron chi connectivity index (χ3n) is 2.33. The van der Waals surface area contributed by atoms with Crippen LogP contribution in [0.2, 0.25) is 5.02 Å². The minimum absolute atomic E-state index is 0.0857. The number of thiophene rings is 1. The predicted molar refractivity (Wildman–Crippen MR) is 73.8 cm³/mol. The normalized spacial score (nSPS) is 11.1. The molecule has 3 N–H and O–H groups in total. The van der Waals surface area contributed by atoms with Crippen LogP contribution < -0.4 is 11.1 Å². The first kappa shape index (κ1) is 12.2. The molecule has 1 aromatic carbocycles. The highest BCUT2D eigenvalue weighted by Gasteiger charge is 2.18. The third kappa shape index (κ3) is 2.23. The molecule has 17 heavy (non-hydrogen) atoms. The Balaban J connectivity index is 2.53. The van der Waals surface area contributed by atoms with E-state index in [1.54, 1.807) is 6.07 Å². The summed E-state index contributed by atoms with van der Waals surface area (Å²) in [7, 11) is 0. The van der Waals surface area contributed by atoms with Gasteiger partial charge in [-0.2, -0.15) is 0 Å². The van der Waals surface area contributed by atoms with Gasteiger partial charge in [0.25, 0.3) is 5.91 Å². The second-order valence-corrected chi connectivity index (χ2v) is 5.55. The topological polar surface area (TPSA) is 55.1 Å². The summed E-state index contributed by atoms with van der Waals surface area (Å²) >= 11 is 7.45. The Morgan fingerprint density at radius 2 is 2.18 bits per heavy atom. The van der Waals surface area contributed by atoms with Gasteiger partial charge in [-0.3, -0.25) is 4.79 Å². The zero-order valence-corrected chi connectivity index (χ0v) is 11.2. The highest BCUT2D eigenvalue weighted by molar-refractivity contribution is 7.21. The van der Waals surface area contributed by atoms with Crippen molar-refractivity contribution in [2.24, 2.45) is 0 Å². The molecule has 0 aliphatic rings. The number of nitrogen functional groups attached to an aromatic ring is 1. The number of carbonyl (C=O) groups excluding carboxylic acids is 1. The molecule has 1 aromatic heterocycles. The number of nitrogens with one attached hydrogen (secondary N) is 1. The number of hydrogen-bond acceptors (Lipinski definition) is 3. The fraction of sp³-hybridized carbons (Fsp3) is 0.250. The van der Waals surface area contributed by atoms with E-state index in [9.17, 15) is 4.79 Å². The smallest absolute Gasteiger partial charge is 0.263 e. The molecule has 0 saturated carbocycles. The molecule has 2 aromatic rings. The van der Waals surface area contributed by atoms with E-state index in [-0.39, 0.29) is 11.9 Å². The number of fused-ring (bicyclic) bond motifs is 1. The second-order valence-electron chi connectivity index (χ2n) is 4.09. The summed E-state index contributed by atoms with van der Waals surface area (Å²) in [6.07, 6.45) is 0. The summed E-state index contributed by atoms with van der Waals surface area (Å²) < 4.78 is 0.934. The fourth-order valence-corrected chi connectivity index (χ4v) is 3.01. The molecule has 2 rings (SSSR count). The molecule has 0 aliphatic heterocycles. The van der Waals surface area contributed by atoms with Crippen molar-refractivity contribution in [1.29, 1.82) is 0 Å². The predicted octanol–water partition coefficient (Wildman–Crippen LogP) is 3.28. The first-order valence-electron chi connectivity index (χ1n) is 5.28. The van der Waals surface area contributed by atoms with Crippen LogP contribution in [-0.2, 0) is 0 Å². The maximum absolute atomic E-state index is 11.9. The molecule has 3 nitrogen and oxygen atoms in total. The van der Waals surface area contributed by atoms with Crippen molar-refractivity contribution in [1.82, 2.24) is 5.32 Å². The lowest BCUT2D eigenvalue weighted by molar-refractivity contribution is 0.0948. The monoisotopic (exact) mass is 268 g/mol. The Morgan fingerprint density at radius 3 is 2.76 bits per heavy atom. The van der Waals surface area contributed by atoms with Gasteiger partial charge >= 0.3 is 0 Å². The van der Waals surface area contributed by atoms with Gasteiger partial charge < -0.3 is 11.1 Å². The van der Waals surface area contributed by atoms with E-state index in [1.165, 1.54) is 11.3 Å². The van der Waals surface area contributed by atoms with Gasteiger partial charge in [0.2, 0.25) is 0 Å². The summed E-state index contributed by atoms with van der Waals surface area (Å²) in [5.41, 5.74) is 6.45. The molecular weight excluding hydrogens is 256 g/mol. The average molecular weight is 269 g/mol. The largest absolute Gasteiger partial charge is 0.397 e. The summed E-state index contributed by atoms with van der Waals surface area (Å²) in [5.74, 6) is -0.144. The zero-order chi connectivity index (χ0) is 12.6. The van der Waals surface area contributed by atoms with Crippen molar-refractivity contribution in [2.45, 2.75) is 19.9 Å². The van der Waals surface area contributed by atoms with Crippen LogP contribution in [0.4, 0.5) is 5.69 Å². The zero-order valence-electron chi connectivity index (χ0n) is 9.58. The SMILES string of the molecule is CC(C)NC(=O)c1sc2cccc(Cl)c2c1N. The molecular formula is C12H13ClN2OS. The van der Waals surface area contributed by atoms with Gasteiger partial charge in [0, 0.05) is 16.1 Å². The van der Waals surface area contributed by atoms with Crippen LogP contribution in [0.15, 0.2) is 18.2 Å². The van der Waals surface area contributed by atoms with Crippen molar-refractivity contribution in [2.75, 3.05) is 5.73 Å². The molecule has 1 amide bonds. The fourth-order valence-electron chi connectivity index (χ4n) is 1.63. The minimum atomic E-state index is -0.144. The molecule has 0 aliphatic carbocycles. The number of rotatable bonds is 2. The van der Waals surface area contributed by atoms with Gasteiger partial charge in [0.15, 0.2) is 0 Å². The Bertz CT molecular complexity index is 577. The molecule has 0 radical (unpaired) electrons. The van der Waals surface area contributed by atoms with E-state index < -0.39 is 0 Å². The number of halogens is 1. The lowest BCUT2D eigenvalue weighted by Crippen LogP contribution is -2.29. The van der Waals surface area contributed by atoms with E-state index >= 15 is 0 Å². The first-order valence-corrected chi connectivity index (χ1v) is 6.47. The van der Waals surface area contributed by atoms with Crippen LogP contribution in [0.5, 0.6) is 0 Å². The lowest BCUT2D eigenvalue weighted by Gasteiger charge is -2.06. The van der Waals surface area contributed by atoms with E-state index in [0.29, 0.717) is 15.6 Å². The number of carbonyl (C=O) groups is 1. The van der Waals surface area contributed by atoms with Crippen LogP contribution in [0.3, 0.4) is 0 Å². The Morgan fingerprint density at radius 1 is 1.47 bits per heavy atom. The van der Waals surface area contributed by atoms with Crippen molar-refractivity contribution in [3.63, 3.8) is 0 Å². The third-order valence-corrected chi connectivity index (χ3v) is 3.81. The number of hydrogen-bond donors (Lipinski definition) is 2. The van der Waals surface area contributed by atoms with E-state index in [2.05, 4.69) is 5.32 Å². The lowest BCUT2D eigenvalue weighted by atomic mass is 10.2. The van der Waals surface area contributed by atoms with Gasteiger partial charge in [-0.15, -0.1) is 11.3 Å². The van der Waals surface area contributed by atoms with Crippen LogP contribution in [0.25, 0.3) is 10.1 Å². The molecule has 0 unspecified atom stereocenters. The molecule has 1 heterocycles. The minimum Gasteiger partial charge on any atom is -0.397 e. The number of anilines is 1. The molecule has 0 fully saturated rings. The molecule has 0 bridgehead atoms. The van der Waals surface area contributed by atoms with Crippen LogP contribution in [0.1, 0.15) is 23.5 Å². The molecule has 5 heteroatoms. The quantitative estimate of drug-likeness (QED) is 0.878. The number of amides is 1. The van der Waals surface area contributed by atoms with E-state index in [0.717, 1.165) is 10.1 Å². The maximum atomic E-state index is 11.9. The van der Waals surface area contributed by atoms with Gasteiger partial charge in [-0.1, -0.05) is 17.7 Å². The average Bonchev–Trinajstić information content (AvgIpc) is 2.56. The molecule has 0 atom stereocenters. The Labute approximate surface area is 109 Å².